The van der Waals surface area contributed by atoms with Crippen LogP contribution in [0.3, 0.4) is 0 Å². The van der Waals surface area contributed by atoms with Gasteiger partial charge in [-0.05, 0) is 43.9 Å². The molecule has 2 aromatic heterocycles. The highest BCUT2D eigenvalue weighted by Gasteiger charge is 2.25. The second kappa shape index (κ2) is 10.3. The van der Waals surface area contributed by atoms with Crippen LogP contribution in [0.25, 0.3) is 5.82 Å². The van der Waals surface area contributed by atoms with Crippen molar-refractivity contribution in [2.75, 3.05) is 38.8 Å². The molecule has 0 atom stereocenters. The minimum atomic E-state index is 0.0175. The fraction of sp³-hybridized carbons (Fsp3) is 0.417. The van der Waals surface area contributed by atoms with Crippen molar-refractivity contribution in [1.82, 2.24) is 24.8 Å². The van der Waals surface area contributed by atoms with E-state index in [-0.39, 0.29) is 11.8 Å². The molecule has 0 bridgehead atoms. The second-order valence-corrected chi connectivity index (χ2v) is 8.07. The number of methoxy groups -OCH3 is 2. The highest BCUT2D eigenvalue weighted by molar-refractivity contribution is 5.79. The predicted molar refractivity (Wildman–Crippen MR) is 125 cm³/mol. The van der Waals surface area contributed by atoms with Gasteiger partial charge in [-0.3, -0.25) is 9.36 Å². The lowest BCUT2D eigenvalue weighted by molar-refractivity contribution is -0.125. The minimum Gasteiger partial charge on any atom is -0.493 e. The number of anilines is 1. The van der Waals surface area contributed by atoms with Crippen LogP contribution in [-0.4, -0.2) is 59.3 Å². The monoisotopic (exact) mass is 450 g/mol. The van der Waals surface area contributed by atoms with Gasteiger partial charge in [-0.1, -0.05) is 6.07 Å². The zero-order valence-corrected chi connectivity index (χ0v) is 19.3. The Morgan fingerprint density at radius 3 is 2.52 bits per heavy atom. The zero-order chi connectivity index (χ0) is 23.2. The van der Waals surface area contributed by atoms with Crippen LogP contribution in [0.2, 0.25) is 0 Å². The lowest BCUT2D eigenvalue weighted by Gasteiger charge is -2.32. The second-order valence-electron chi connectivity index (χ2n) is 8.07. The van der Waals surface area contributed by atoms with Gasteiger partial charge >= 0.3 is 0 Å². The molecule has 0 unspecified atom stereocenters. The van der Waals surface area contributed by atoms with Gasteiger partial charge in [-0.25, -0.2) is 15.0 Å². The summed E-state index contributed by atoms with van der Waals surface area (Å²) in [7, 11) is 3.24. The largest absolute Gasteiger partial charge is 0.493 e. The van der Waals surface area contributed by atoms with Crippen molar-refractivity contribution in [2.45, 2.75) is 26.2 Å². The quantitative estimate of drug-likeness (QED) is 0.564. The SMILES string of the molecule is COc1ccc(CCNC(=O)C2CCN(c3cc(-n4ccnc4C)ncn3)CC2)cc1OC. The lowest BCUT2D eigenvalue weighted by Crippen LogP contribution is -2.41. The average molecular weight is 451 g/mol. The molecule has 1 fully saturated rings. The molecule has 0 saturated carbocycles. The van der Waals surface area contributed by atoms with E-state index in [0.29, 0.717) is 18.0 Å². The van der Waals surface area contributed by atoms with Gasteiger partial charge in [0.05, 0.1) is 14.2 Å². The van der Waals surface area contributed by atoms with Crippen molar-refractivity contribution in [3.63, 3.8) is 0 Å². The fourth-order valence-electron chi connectivity index (χ4n) is 4.14. The molecule has 0 radical (unpaired) electrons. The molecule has 9 nitrogen and oxygen atoms in total. The van der Waals surface area contributed by atoms with E-state index in [0.717, 1.165) is 55.4 Å². The molecule has 4 rings (SSSR count). The first-order chi connectivity index (χ1) is 16.1. The van der Waals surface area contributed by atoms with Gasteiger partial charge in [0.15, 0.2) is 11.5 Å². The summed E-state index contributed by atoms with van der Waals surface area (Å²) < 4.78 is 12.6. The Morgan fingerprint density at radius 1 is 1.06 bits per heavy atom. The van der Waals surface area contributed by atoms with Crippen molar-refractivity contribution in [3.05, 3.63) is 54.4 Å². The molecule has 174 valence electrons. The third-order valence-corrected chi connectivity index (χ3v) is 6.06. The van der Waals surface area contributed by atoms with Crippen molar-refractivity contribution in [3.8, 4) is 17.3 Å². The van der Waals surface area contributed by atoms with Crippen LogP contribution in [0.1, 0.15) is 24.2 Å². The summed E-state index contributed by atoms with van der Waals surface area (Å²) in [6.45, 7) is 4.10. The van der Waals surface area contributed by atoms with Crippen molar-refractivity contribution >= 4 is 11.7 Å². The number of nitrogens with one attached hydrogen (secondary N) is 1. The van der Waals surface area contributed by atoms with Crippen LogP contribution in [0, 0.1) is 12.8 Å². The van der Waals surface area contributed by atoms with E-state index in [1.54, 1.807) is 26.7 Å². The molecule has 33 heavy (non-hydrogen) atoms. The number of amides is 1. The van der Waals surface area contributed by atoms with Crippen LogP contribution in [0.5, 0.6) is 11.5 Å². The number of ether oxygens (including phenoxy) is 2. The molecule has 0 aliphatic carbocycles. The summed E-state index contributed by atoms with van der Waals surface area (Å²) in [5.41, 5.74) is 1.09. The Kier molecular flexibility index (Phi) is 7.07. The normalized spacial score (nSPS) is 14.2. The maximum absolute atomic E-state index is 12.7. The number of carbonyl (C=O) groups excluding carboxylic acids is 1. The standard InChI is InChI=1S/C24H30N6O3/c1-17-25-10-13-30(17)23-15-22(27-16-28-23)29-11-7-19(8-12-29)24(31)26-9-6-18-4-5-20(32-2)21(14-18)33-3/h4-5,10,13-16,19H,6-9,11-12H2,1-3H3,(H,26,31). The number of hydrogen-bond acceptors (Lipinski definition) is 7. The third kappa shape index (κ3) is 5.24. The topological polar surface area (TPSA) is 94.4 Å². The first-order valence-electron chi connectivity index (χ1n) is 11.1. The third-order valence-electron chi connectivity index (χ3n) is 6.06. The van der Waals surface area contributed by atoms with E-state index in [1.807, 2.05) is 42.0 Å². The number of benzene rings is 1. The van der Waals surface area contributed by atoms with Gasteiger partial charge < -0.3 is 19.7 Å². The maximum Gasteiger partial charge on any atom is 0.223 e. The molecule has 1 amide bonds. The Bertz CT molecular complexity index is 1090. The lowest BCUT2D eigenvalue weighted by atomic mass is 9.96. The first-order valence-corrected chi connectivity index (χ1v) is 11.1. The zero-order valence-electron chi connectivity index (χ0n) is 19.3. The molecular weight excluding hydrogens is 420 g/mol. The minimum absolute atomic E-state index is 0.0175. The smallest absolute Gasteiger partial charge is 0.223 e. The van der Waals surface area contributed by atoms with Gasteiger partial charge in [-0.2, -0.15) is 0 Å². The van der Waals surface area contributed by atoms with Crippen LogP contribution in [0.15, 0.2) is 43.0 Å². The molecule has 1 saturated heterocycles. The Balaban J connectivity index is 1.27. The maximum atomic E-state index is 12.7. The molecule has 1 aliphatic heterocycles. The van der Waals surface area contributed by atoms with Gasteiger partial charge in [0.1, 0.15) is 23.8 Å². The van der Waals surface area contributed by atoms with Gasteiger partial charge in [0.2, 0.25) is 5.91 Å². The highest BCUT2D eigenvalue weighted by Crippen LogP contribution is 2.28. The fourth-order valence-corrected chi connectivity index (χ4v) is 4.14. The Hall–Kier alpha value is -3.62. The van der Waals surface area contributed by atoms with Crippen molar-refractivity contribution in [1.29, 1.82) is 0 Å². The van der Waals surface area contributed by atoms with E-state index < -0.39 is 0 Å². The molecule has 1 N–H and O–H groups in total. The number of piperidine rings is 1. The van der Waals surface area contributed by atoms with Crippen LogP contribution < -0.4 is 19.7 Å². The number of hydrogen-bond donors (Lipinski definition) is 1. The van der Waals surface area contributed by atoms with E-state index >= 15 is 0 Å². The summed E-state index contributed by atoms with van der Waals surface area (Å²) in [5.74, 6) is 4.09. The summed E-state index contributed by atoms with van der Waals surface area (Å²) in [6.07, 6.45) is 7.56. The molecule has 1 aliphatic rings. The van der Waals surface area contributed by atoms with Gasteiger partial charge in [-0.15, -0.1) is 0 Å². The number of carbonyl (C=O) groups is 1. The highest BCUT2D eigenvalue weighted by atomic mass is 16.5. The van der Waals surface area contributed by atoms with E-state index in [2.05, 4.69) is 25.2 Å². The number of aryl methyl sites for hydroxylation is 1. The summed E-state index contributed by atoms with van der Waals surface area (Å²) in [6, 6.07) is 7.80. The van der Waals surface area contributed by atoms with Gasteiger partial charge in [0, 0.05) is 44.0 Å². The van der Waals surface area contributed by atoms with Crippen LogP contribution in [-0.2, 0) is 11.2 Å². The van der Waals surface area contributed by atoms with E-state index in [1.165, 1.54) is 0 Å². The summed E-state index contributed by atoms with van der Waals surface area (Å²) in [5, 5.41) is 3.09. The van der Waals surface area contributed by atoms with Gasteiger partial charge in [0.25, 0.3) is 0 Å². The number of rotatable bonds is 8. The Labute approximate surface area is 193 Å². The number of imidazole rings is 1. The first kappa shape index (κ1) is 22.6. The van der Waals surface area contributed by atoms with Crippen LogP contribution in [0.4, 0.5) is 5.82 Å². The molecular formula is C24H30N6O3. The molecule has 0 spiro atoms. The average Bonchev–Trinajstić information content (AvgIpc) is 3.29. The number of nitrogens with zero attached hydrogens (tertiary/aromatic N) is 5. The van der Waals surface area contributed by atoms with E-state index in [9.17, 15) is 4.79 Å². The van der Waals surface area contributed by atoms with Crippen LogP contribution >= 0.6 is 0 Å². The van der Waals surface area contributed by atoms with E-state index in [4.69, 9.17) is 9.47 Å². The predicted octanol–water partition coefficient (Wildman–Crippen LogP) is 2.56. The molecule has 3 heterocycles. The summed E-state index contributed by atoms with van der Waals surface area (Å²) in [4.78, 5) is 28.0. The summed E-state index contributed by atoms with van der Waals surface area (Å²) >= 11 is 0. The Morgan fingerprint density at radius 2 is 1.82 bits per heavy atom. The van der Waals surface area contributed by atoms with Crippen molar-refractivity contribution in [2.24, 2.45) is 5.92 Å². The van der Waals surface area contributed by atoms with Crippen molar-refractivity contribution < 1.29 is 14.3 Å². The molecule has 9 heteroatoms. The number of aromatic nitrogens is 4. The molecule has 3 aromatic rings. The molecule has 1 aromatic carbocycles.